The smallest absolute Gasteiger partial charge is 0.325 e. The van der Waals surface area contributed by atoms with Crippen LogP contribution in [0.5, 0.6) is 0 Å². The van der Waals surface area contributed by atoms with E-state index in [-0.39, 0.29) is 24.3 Å². The number of thiazole rings is 1. The van der Waals surface area contributed by atoms with Crippen LogP contribution in [-0.4, -0.2) is 57.8 Å². The number of benzene rings is 2. The van der Waals surface area contributed by atoms with Gasteiger partial charge in [-0.05, 0) is 50.3 Å². The molecule has 7 nitrogen and oxygen atoms in total. The van der Waals surface area contributed by atoms with Gasteiger partial charge < -0.3 is 10.2 Å². The molecule has 2 aliphatic heterocycles. The van der Waals surface area contributed by atoms with Crippen molar-refractivity contribution in [1.82, 2.24) is 20.1 Å². The average Bonchev–Trinajstić information content (AvgIpc) is 3.38. The topological polar surface area (TPSA) is 82.6 Å². The van der Waals surface area contributed by atoms with Gasteiger partial charge >= 0.3 is 6.03 Å². The molecule has 2 atom stereocenters. The minimum atomic E-state index is -1.00. The van der Waals surface area contributed by atoms with Crippen molar-refractivity contribution in [2.75, 3.05) is 19.6 Å². The van der Waals surface area contributed by atoms with Crippen molar-refractivity contribution in [3.8, 4) is 0 Å². The highest BCUT2D eigenvalue weighted by molar-refractivity contribution is 7.18. The molecular formula is C26H28N4O3S. The number of piperidine rings is 1. The first-order chi connectivity index (χ1) is 16.4. The van der Waals surface area contributed by atoms with Crippen molar-refractivity contribution < 1.29 is 14.4 Å². The number of aryl methyl sites for hydroxylation is 1. The molecule has 2 aromatic carbocycles. The zero-order chi connectivity index (χ0) is 23.7. The van der Waals surface area contributed by atoms with E-state index in [2.05, 4.69) is 11.4 Å². The number of hydrogen-bond donors (Lipinski definition) is 1. The first-order valence-electron chi connectivity index (χ1n) is 11.7. The van der Waals surface area contributed by atoms with Crippen molar-refractivity contribution in [1.29, 1.82) is 0 Å². The number of nitrogens with one attached hydrogen (secondary N) is 1. The van der Waals surface area contributed by atoms with Crippen LogP contribution in [0.2, 0.25) is 0 Å². The van der Waals surface area contributed by atoms with Gasteiger partial charge in [0.15, 0.2) is 0 Å². The molecule has 2 aliphatic rings. The summed E-state index contributed by atoms with van der Waals surface area (Å²) in [5.74, 6) is -0.350. The summed E-state index contributed by atoms with van der Waals surface area (Å²) in [5.41, 5.74) is 1.09. The van der Waals surface area contributed by atoms with Crippen LogP contribution in [0, 0.1) is 0 Å². The molecule has 3 aromatic rings. The van der Waals surface area contributed by atoms with E-state index in [1.165, 1.54) is 0 Å². The maximum Gasteiger partial charge on any atom is 0.325 e. The number of imide groups is 1. The van der Waals surface area contributed by atoms with Gasteiger partial charge in [-0.3, -0.25) is 14.5 Å². The normalized spacial score (nSPS) is 22.9. The Morgan fingerprint density at radius 3 is 2.71 bits per heavy atom. The first kappa shape index (κ1) is 22.5. The van der Waals surface area contributed by atoms with Crippen LogP contribution in [0.1, 0.15) is 42.7 Å². The third kappa shape index (κ3) is 4.42. The minimum Gasteiger partial charge on any atom is -0.340 e. The number of amides is 4. The van der Waals surface area contributed by atoms with Gasteiger partial charge in [-0.1, -0.05) is 42.5 Å². The third-order valence-corrected chi connectivity index (χ3v) is 8.03. The molecule has 0 spiro atoms. The Hall–Kier alpha value is -3.26. The summed E-state index contributed by atoms with van der Waals surface area (Å²) in [5, 5.41) is 3.86. The standard InChI is InChI=1S/C26H28N4O3S/c1-26(14-13-18-8-3-2-4-9-18)24(32)30(25(33)28-26)17-22(31)29-15-7-10-19(16-29)23-27-20-11-5-6-12-21(20)34-23/h2-6,8-9,11-12,19H,7,10,13-17H2,1H3,(H,28,33)/t19-,26-/m0/s1. The van der Waals surface area contributed by atoms with Gasteiger partial charge in [0.2, 0.25) is 5.91 Å². The molecule has 0 radical (unpaired) electrons. The molecule has 4 amide bonds. The minimum absolute atomic E-state index is 0.175. The maximum atomic E-state index is 13.1. The van der Waals surface area contributed by atoms with Gasteiger partial charge in [0.25, 0.3) is 5.91 Å². The Kier molecular flexibility index (Phi) is 6.08. The summed E-state index contributed by atoms with van der Waals surface area (Å²) >= 11 is 1.68. The molecule has 0 unspecified atom stereocenters. The molecular weight excluding hydrogens is 448 g/mol. The Morgan fingerprint density at radius 1 is 1.15 bits per heavy atom. The highest BCUT2D eigenvalue weighted by Crippen LogP contribution is 2.33. The number of urea groups is 1. The SMILES string of the molecule is C[C@@]1(CCc2ccccc2)NC(=O)N(CC(=O)N2CCC[C@H](c3nc4ccccc4s3)C2)C1=O. The van der Waals surface area contributed by atoms with Crippen LogP contribution < -0.4 is 5.32 Å². The summed E-state index contributed by atoms with van der Waals surface area (Å²) in [4.78, 5) is 46.5. The Balaban J connectivity index is 1.22. The second kappa shape index (κ2) is 9.18. The van der Waals surface area contributed by atoms with E-state index >= 15 is 0 Å². The number of nitrogens with zero attached hydrogens (tertiary/aromatic N) is 3. The van der Waals surface area contributed by atoms with E-state index < -0.39 is 11.6 Å². The highest BCUT2D eigenvalue weighted by atomic mass is 32.1. The number of para-hydroxylation sites is 1. The van der Waals surface area contributed by atoms with Crippen LogP contribution >= 0.6 is 11.3 Å². The van der Waals surface area contributed by atoms with Crippen LogP contribution in [0.25, 0.3) is 10.2 Å². The van der Waals surface area contributed by atoms with Gasteiger partial charge in [-0.25, -0.2) is 9.78 Å². The summed E-state index contributed by atoms with van der Waals surface area (Å²) in [6, 6.07) is 17.4. The second-order valence-electron chi connectivity index (χ2n) is 9.34. The molecule has 0 aliphatic carbocycles. The molecule has 2 saturated heterocycles. The fourth-order valence-electron chi connectivity index (χ4n) is 4.80. The fraction of sp³-hybridized carbons (Fsp3) is 0.385. The number of fused-ring (bicyclic) bond motifs is 1. The van der Waals surface area contributed by atoms with Gasteiger partial charge in [0, 0.05) is 19.0 Å². The third-order valence-electron chi connectivity index (χ3n) is 6.83. The van der Waals surface area contributed by atoms with E-state index in [4.69, 9.17) is 4.98 Å². The number of aromatic nitrogens is 1. The van der Waals surface area contributed by atoms with E-state index in [1.807, 2.05) is 48.5 Å². The number of carbonyl (C=O) groups excluding carboxylic acids is 3. The zero-order valence-electron chi connectivity index (χ0n) is 19.2. The van der Waals surface area contributed by atoms with Gasteiger partial charge in [-0.15, -0.1) is 11.3 Å². The maximum absolute atomic E-state index is 13.1. The Labute approximate surface area is 202 Å². The van der Waals surface area contributed by atoms with Crippen LogP contribution in [0.4, 0.5) is 4.79 Å². The summed E-state index contributed by atoms with van der Waals surface area (Å²) in [6.45, 7) is 2.71. The zero-order valence-corrected chi connectivity index (χ0v) is 20.0. The molecule has 0 saturated carbocycles. The molecule has 0 bridgehead atoms. The lowest BCUT2D eigenvalue weighted by Crippen LogP contribution is -2.47. The largest absolute Gasteiger partial charge is 0.340 e. The van der Waals surface area contributed by atoms with Crippen molar-refractivity contribution in [3.05, 3.63) is 65.2 Å². The summed E-state index contributed by atoms with van der Waals surface area (Å²) in [7, 11) is 0. The molecule has 2 fully saturated rings. The number of likely N-dealkylation sites (tertiary alicyclic amines) is 1. The van der Waals surface area contributed by atoms with Crippen molar-refractivity contribution >= 4 is 39.4 Å². The molecule has 5 rings (SSSR count). The van der Waals surface area contributed by atoms with Gasteiger partial charge in [0.1, 0.15) is 12.1 Å². The lowest BCUT2D eigenvalue weighted by atomic mass is 9.93. The molecule has 1 N–H and O–H groups in total. The highest BCUT2D eigenvalue weighted by Gasteiger charge is 2.48. The molecule has 3 heterocycles. The van der Waals surface area contributed by atoms with Crippen LogP contribution in [-0.2, 0) is 16.0 Å². The molecule has 8 heteroatoms. The van der Waals surface area contributed by atoms with Crippen molar-refractivity contribution in [2.45, 2.75) is 44.1 Å². The predicted octanol–water partition coefficient (Wildman–Crippen LogP) is 3.95. The lowest BCUT2D eigenvalue weighted by Gasteiger charge is -2.32. The average molecular weight is 477 g/mol. The number of rotatable bonds is 6. The summed E-state index contributed by atoms with van der Waals surface area (Å²) in [6.07, 6.45) is 3.00. The predicted molar refractivity (Wildman–Crippen MR) is 132 cm³/mol. The Bertz CT molecular complexity index is 1190. The first-order valence-corrected chi connectivity index (χ1v) is 12.6. The van der Waals surface area contributed by atoms with E-state index in [0.29, 0.717) is 25.9 Å². The molecule has 1 aromatic heterocycles. The second-order valence-corrected chi connectivity index (χ2v) is 10.4. The van der Waals surface area contributed by atoms with Gasteiger partial charge in [0.05, 0.1) is 15.2 Å². The Morgan fingerprint density at radius 2 is 1.91 bits per heavy atom. The monoisotopic (exact) mass is 476 g/mol. The molecule has 34 heavy (non-hydrogen) atoms. The summed E-state index contributed by atoms with van der Waals surface area (Å²) < 4.78 is 1.15. The quantitative estimate of drug-likeness (QED) is 0.546. The lowest BCUT2D eigenvalue weighted by molar-refractivity contribution is -0.139. The number of hydrogen-bond acceptors (Lipinski definition) is 5. The van der Waals surface area contributed by atoms with Crippen LogP contribution in [0.15, 0.2) is 54.6 Å². The van der Waals surface area contributed by atoms with Crippen LogP contribution in [0.3, 0.4) is 0 Å². The molecule has 176 valence electrons. The van der Waals surface area contributed by atoms with Crippen molar-refractivity contribution in [3.63, 3.8) is 0 Å². The number of carbonyl (C=O) groups is 3. The van der Waals surface area contributed by atoms with E-state index in [9.17, 15) is 14.4 Å². The van der Waals surface area contributed by atoms with Crippen molar-refractivity contribution in [2.24, 2.45) is 0 Å². The van der Waals surface area contributed by atoms with E-state index in [1.54, 1.807) is 23.2 Å². The fourth-order valence-corrected chi connectivity index (χ4v) is 5.90. The van der Waals surface area contributed by atoms with E-state index in [0.717, 1.165) is 38.5 Å². The van der Waals surface area contributed by atoms with Gasteiger partial charge in [-0.2, -0.15) is 0 Å².